The van der Waals surface area contributed by atoms with Crippen molar-refractivity contribution in [2.24, 2.45) is 0 Å². The molecule has 0 unspecified atom stereocenters. The molecule has 1 heterocycles. The summed E-state index contributed by atoms with van der Waals surface area (Å²) < 4.78 is 11.1. The van der Waals surface area contributed by atoms with E-state index in [0.29, 0.717) is 22.8 Å². The average Bonchev–Trinajstić information content (AvgIpc) is 3.34. The van der Waals surface area contributed by atoms with E-state index in [1.807, 2.05) is 43.3 Å². The van der Waals surface area contributed by atoms with Gasteiger partial charge in [0.2, 0.25) is 0 Å². The summed E-state index contributed by atoms with van der Waals surface area (Å²) in [5, 5.41) is 5.48. The lowest BCUT2D eigenvalue weighted by molar-refractivity contribution is -0.113. The van der Waals surface area contributed by atoms with Crippen molar-refractivity contribution in [1.29, 1.82) is 0 Å². The molecule has 164 valence electrons. The van der Waals surface area contributed by atoms with Gasteiger partial charge in [-0.1, -0.05) is 35.9 Å². The molecule has 0 saturated heterocycles. The number of ether oxygens (including phenoxy) is 1. The van der Waals surface area contributed by atoms with Crippen molar-refractivity contribution in [3.8, 4) is 11.5 Å². The number of amides is 2. The number of aryl methyl sites for hydroxylation is 1. The Balaban J connectivity index is 1.49. The van der Waals surface area contributed by atoms with E-state index >= 15 is 0 Å². The minimum Gasteiger partial charge on any atom is -0.465 e. The van der Waals surface area contributed by atoms with Gasteiger partial charge in [-0.05, 0) is 67.6 Å². The number of benzene rings is 3. The highest BCUT2D eigenvalue weighted by molar-refractivity contribution is 6.10. The van der Waals surface area contributed by atoms with Gasteiger partial charge in [0.05, 0.1) is 6.26 Å². The van der Waals surface area contributed by atoms with Crippen LogP contribution in [-0.4, -0.2) is 11.8 Å². The predicted octanol–water partition coefficient (Wildman–Crippen LogP) is 5.79. The summed E-state index contributed by atoms with van der Waals surface area (Å²) in [5.41, 5.74) is 2.01. The first-order valence-corrected chi connectivity index (χ1v) is 10.3. The molecule has 33 heavy (non-hydrogen) atoms. The van der Waals surface area contributed by atoms with Gasteiger partial charge >= 0.3 is 0 Å². The van der Waals surface area contributed by atoms with Crippen molar-refractivity contribution in [2.45, 2.75) is 6.92 Å². The highest BCUT2D eigenvalue weighted by atomic mass is 16.5. The quantitative estimate of drug-likeness (QED) is 0.358. The zero-order valence-electron chi connectivity index (χ0n) is 17.9. The summed E-state index contributed by atoms with van der Waals surface area (Å²) in [4.78, 5) is 25.7. The van der Waals surface area contributed by atoms with Crippen LogP contribution in [0, 0.1) is 6.92 Å². The Bertz CT molecular complexity index is 1260. The summed E-state index contributed by atoms with van der Waals surface area (Å²) in [6, 6.07) is 26.9. The molecule has 0 saturated carbocycles. The Morgan fingerprint density at radius 2 is 1.61 bits per heavy atom. The molecule has 4 aromatic rings. The van der Waals surface area contributed by atoms with Gasteiger partial charge in [0.25, 0.3) is 11.8 Å². The molecular formula is C27H22N2O4. The standard InChI is InChI=1S/C27H22N2O4/c1-19-7-5-8-20(17-19)26(30)29-25(18-24-11-6-16-32-24)27(31)28-21-12-14-23(15-13-21)33-22-9-3-2-4-10-22/h2-18H,1H3,(H,28,31)(H,29,30)/b25-18-. The lowest BCUT2D eigenvalue weighted by atomic mass is 10.1. The third kappa shape index (κ3) is 5.98. The van der Waals surface area contributed by atoms with Crippen LogP contribution in [0.15, 0.2) is 107 Å². The SMILES string of the molecule is Cc1cccc(C(=O)N/C(=C\c2ccco2)C(=O)Nc2ccc(Oc3ccccc3)cc2)c1. The lowest BCUT2D eigenvalue weighted by Gasteiger charge is -2.12. The number of hydrogen-bond donors (Lipinski definition) is 2. The maximum atomic E-state index is 13.0. The Morgan fingerprint density at radius 1 is 0.848 bits per heavy atom. The zero-order valence-corrected chi connectivity index (χ0v) is 17.9. The summed E-state index contributed by atoms with van der Waals surface area (Å²) in [6.07, 6.45) is 2.98. The molecule has 1 aromatic heterocycles. The van der Waals surface area contributed by atoms with E-state index < -0.39 is 11.8 Å². The van der Waals surface area contributed by atoms with E-state index in [1.165, 1.54) is 12.3 Å². The monoisotopic (exact) mass is 438 g/mol. The third-order valence-corrected chi connectivity index (χ3v) is 4.69. The first-order chi connectivity index (χ1) is 16.1. The number of hydrogen-bond acceptors (Lipinski definition) is 4. The Kier molecular flexibility index (Phi) is 6.66. The van der Waals surface area contributed by atoms with Crippen LogP contribution in [0.25, 0.3) is 6.08 Å². The Labute approximate surface area is 191 Å². The molecule has 0 aliphatic rings. The van der Waals surface area contributed by atoms with Gasteiger partial charge < -0.3 is 19.8 Å². The van der Waals surface area contributed by atoms with Gasteiger partial charge in [-0.2, -0.15) is 0 Å². The molecule has 0 bridgehead atoms. The van der Waals surface area contributed by atoms with Crippen molar-refractivity contribution in [1.82, 2.24) is 5.32 Å². The number of carbonyl (C=O) groups is 2. The van der Waals surface area contributed by atoms with E-state index in [2.05, 4.69) is 10.6 Å². The third-order valence-electron chi connectivity index (χ3n) is 4.69. The topological polar surface area (TPSA) is 80.6 Å². The van der Waals surface area contributed by atoms with E-state index in [-0.39, 0.29) is 5.70 Å². The van der Waals surface area contributed by atoms with Gasteiger partial charge in [-0.3, -0.25) is 9.59 Å². The van der Waals surface area contributed by atoms with Crippen LogP contribution in [0.5, 0.6) is 11.5 Å². The van der Waals surface area contributed by atoms with Crippen LogP contribution in [0.1, 0.15) is 21.7 Å². The van der Waals surface area contributed by atoms with Crippen molar-refractivity contribution < 1.29 is 18.7 Å². The first kappa shape index (κ1) is 21.6. The predicted molar refractivity (Wildman–Crippen MR) is 127 cm³/mol. The largest absolute Gasteiger partial charge is 0.465 e. The van der Waals surface area contributed by atoms with Gasteiger partial charge in [0.15, 0.2) is 0 Å². The molecule has 2 N–H and O–H groups in total. The first-order valence-electron chi connectivity index (χ1n) is 10.3. The second-order valence-electron chi connectivity index (χ2n) is 7.29. The van der Waals surface area contributed by atoms with Gasteiger partial charge in [0.1, 0.15) is 23.0 Å². The van der Waals surface area contributed by atoms with Crippen molar-refractivity contribution in [3.63, 3.8) is 0 Å². The van der Waals surface area contributed by atoms with Crippen LogP contribution in [0.4, 0.5) is 5.69 Å². The van der Waals surface area contributed by atoms with E-state index in [9.17, 15) is 9.59 Å². The fourth-order valence-electron chi connectivity index (χ4n) is 3.08. The summed E-state index contributed by atoms with van der Waals surface area (Å²) in [7, 11) is 0. The number of anilines is 1. The smallest absolute Gasteiger partial charge is 0.272 e. The van der Waals surface area contributed by atoms with Crippen LogP contribution >= 0.6 is 0 Å². The molecule has 6 heteroatoms. The van der Waals surface area contributed by atoms with E-state index in [4.69, 9.17) is 9.15 Å². The Morgan fingerprint density at radius 3 is 2.30 bits per heavy atom. The maximum Gasteiger partial charge on any atom is 0.272 e. The van der Waals surface area contributed by atoms with Crippen LogP contribution in [0.2, 0.25) is 0 Å². The van der Waals surface area contributed by atoms with E-state index in [1.54, 1.807) is 54.6 Å². The van der Waals surface area contributed by atoms with Gasteiger partial charge in [-0.25, -0.2) is 0 Å². The minimum atomic E-state index is -0.482. The molecule has 0 radical (unpaired) electrons. The van der Waals surface area contributed by atoms with Crippen molar-refractivity contribution in [3.05, 3.63) is 120 Å². The number of rotatable bonds is 7. The van der Waals surface area contributed by atoms with Gasteiger partial charge in [0, 0.05) is 17.3 Å². The van der Waals surface area contributed by atoms with Crippen LogP contribution < -0.4 is 15.4 Å². The van der Waals surface area contributed by atoms with Crippen LogP contribution in [0.3, 0.4) is 0 Å². The average molecular weight is 438 g/mol. The highest BCUT2D eigenvalue weighted by Crippen LogP contribution is 2.23. The molecule has 3 aromatic carbocycles. The molecule has 0 aliphatic heterocycles. The molecular weight excluding hydrogens is 416 g/mol. The number of para-hydroxylation sites is 1. The number of nitrogens with one attached hydrogen (secondary N) is 2. The van der Waals surface area contributed by atoms with E-state index in [0.717, 1.165) is 11.3 Å². The number of furan rings is 1. The van der Waals surface area contributed by atoms with Crippen molar-refractivity contribution >= 4 is 23.6 Å². The van der Waals surface area contributed by atoms with Crippen molar-refractivity contribution in [2.75, 3.05) is 5.32 Å². The molecule has 0 spiro atoms. The number of carbonyl (C=O) groups excluding carboxylic acids is 2. The molecule has 0 fully saturated rings. The normalized spacial score (nSPS) is 11.0. The molecule has 6 nitrogen and oxygen atoms in total. The fraction of sp³-hybridized carbons (Fsp3) is 0.0370. The second kappa shape index (κ2) is 10.2. The molecule has 4 rings (SSSR count). The maximum absolute atomic E-state index is 13.0. The second-order valence-corrected chi connectivity index (χ2v) is 7.29. The highest BCUT2D eigenvalue weighted by Gasteiger charge is 2.16. The molecule has 0 atom stereocenters. The summed E-state index contributed by atoms with van der Waals surface area (Å²) in [5.74, 6) is 0.925. The summed E-state index contributed by atoms with van der Waals surface area (Å²) >= 11 is 0. The van der Waals surface area contributed by atoms with Crippen LogP contribution in [-0.2, 0) is 4.79 Å². The summed E-state index contributed by atoms with van der Waals surface area (Å²) in [6.45, 7) is 1.90. The lowest BCUT2D eigenvalue weighted by Crippen LogP contribution is -2.30. The Hall–Kier alpha value is -4.58. The van der Waals surface area contributed by atoms with Gasteiger partial charge in [-0.15, -0.1) is 0 Å². The molecule has 2 amide bonds. The minimum absolute atomic E-state index is 0.0565. The molecule has 0 aliphatic carbocycles. The fourth-order valence-corrected chi connectivity index (χ4v) is 3.08. The zero-order chi connectivity index (χ0) is 23.0.